The summed E-state index contributed by atoms with van der Waals surface area (Å²) in [4.78, 5) is 0. The molecular weight excluding hydrogens is 282 g/mol. The number of rotatable bonds is 5. The quantitative estimate of drug-likeness (QED) is 0.609. The summed E-state index contributed by atoms with van der Waals surface area (Å²) in [6.07, 6.45) is 2.84. The first-order valence-corrected chi connectivity index (χ1v) is 7.64. The average Bonchev–Trinajstić information content (AvgIpc) is 2.89. The zero-order valence-electron chi connectivity index (χ0n) is 12.0. The molecule has 1 heterocycles. The number of nitrogens with zero attached hydrogens (tertiary/aromatic N) is 1. The number of benzene rings is 2. The van der Waals surface area contributed by atoms with Crippen LogP contribution in [0.5, 0.6) is 5.75 Å². The van der Waals surface area contributed by atoms with Crippen molar-refractivity contribution in [1.82, 2.24) is 4.57 Å². The van der Waals surface area contributed by atoms with E-state index in [1.54, 1.807) is 0 Å². The summed E-state index contributed by atoms with van der Waals surface area (Å²) in [7, 11) is 2.04. The molecule has 0 radical (unpaired) electrons. The van der Waals surface area contributed by atoms with Crippen LogP contribution >= 0.6 is 11.6 Å². The molecule has 2 aromatic carbocycles. The highest BCUT2D eigenvalue weighted by molar-refractivity contribution is 6.17. The van der Waals surface area contributed by atoms with E-state index in [9.17, 15) is 0 Å². The lowest BCUT2D eigenvalue weighted by Gasteiger charge is -2.19. The highest BCUT2D eigenvalue weighted by Crippen LogP contribution is 2.28. The van der Waals surface area contributed by atoms with Gasteiger partial charge in [0.15, 0.2) is 0 Å². The number of hydrogen-bond donors (Lipinski definition) is 0. The molecule has 3 rings (SSSR count). The summed E-state index contributed by atoms with van der Waals surface area (Å²) in [6, 6.07) is 18.5. The lowest BCUT2D eigenvalue weighted by atomic mass is 10.1. The van der Waals surface area contributed by atoms with Gasteiger partial charge in [-0.1, -0.05) is 30.3 Å². The highest BCUT2D eigenvalue weighted by atomic mass is 35.5. The van der Waals surface area contributed by atoms with Crippen LogP contribution in [0.25, 0.3) is 10.9 Å². The molecule has 0 aliphatic heterocycles. The zero-order chi connectivity index (χ0) is 14.7. The summed E-state index contributed by atoms with van der Waals surface area (Å²) in [6.45, 7) is 0. The van der Waals surface area contributed by atoms with Crippen LogP contribution in [0.4, 0.5) is 0 Å². The van der Waals surface area contributed by atoms with Crippen LogP contribution in [-0.4, -0.2) is 10.4 Å². The fraction of sp³-hybridized carbons (Fsp3) is 0.222. The van der Waals surface area contributed by atoms with Crippen molar-refractivity contribution in [3.8, 4) is 5.75 Å². The molecule has 0 bridgehead atoms. The molecule has 0 saturated carbocycles. The largest absolute Gasteiger partial charge is 0.486 e. The summed E-state index contributed by atoms with van der Waals surface area (Å²) >= 11 is 5.93. The number of aryl methyl sites for hydroxylation is 1. The topological polar surface area (TPSA) is 14.2 Å². The zero-order valence-corrected chi connectivity index (χ0v) is 12.8. The maximum atomic E-state index is 6.16. The minimum atomic E-state index is -0.00939. The minimum absolute atomic E-state index is 0.00939. The van der Waals surface area contributed by atoms with Crippen LogP contribution in [0.15, 0.2) is 60.8 Å². The number of hydrogen-bond acceptors (Lipinski definition) is 1. The Morgan fingerprint density at radius 3 is 2.67 bits per heavy atom. The second-order valence-corrected chi connectivity index (χ2v) is 5.52. The molecule has 0 aliphatic carbocycles. The monoisotopic (exact) mass is 299 g/mol. The van der Waals surface area contributed by atoms with Crippen molar-refractivity contribution in [2.75, 3.05) is 5.88 Å². The molecule has 0 saturated heterocycles. The van der Waals surface area contributed by atoms with Crippen molar-refractivity contribution in [3.05, 3.63) is 66.4 Å². The summed E-state index contributed by atoms with van der Waals surface area (Å²) in [5.74, 6) is 1.46. The summed E-state index contributed by atoms with van der Waals surface area (Å²) in [5.41, 5.74) is 2.36. The van der Waals surface area contributed by atoms with E-state index in [4.69, 9.17) is 16.3 Å². The van der Waals surface area contributed by atoms with Crippen LogP contribution in [0.3, 0.4) is 0 Å². The van der Waals surface area contributed by atoms with Crippen LogP contribution in [0.2, 0.25) is 0 Å². The molecule has 2 nitrogen and oxygen atoms in total. The highest BCUT2D eigenvalue weighted by Gasteiger charge is 2.13. The Bertz CT molecular complexity index is 720. The third kappa shape index (κ3) is 3.06. The first-order chi connectivity index (χ1) is 10.3. The van der Waals surface area contributed by atoms with Gasteiger partial charge in [-0.3, -0.25) is 0 Å². The summed E-state index contributed by atoms with van der Waals surface area (Å²) in [5, 5.41) is 1.19. The molecule has 0 spiro atoms. The van der Waals surface area contributed by atoms with Gasteiger partial charge in [-0.15, -0.1) is 11.6 Å². The van der Waals surface area contributed by atoms with Gasteiger partial charge in [-0.2, -0.15) is 0 Å². The predicted octanol–water partition coefficient (Wildman–Crippen LogP) is 4.93. The fourth-order valence-corrected chi connectivity index (χ4v) is 2.76. The maximum absolute atomic E-state index is 6.16. The van der Waals surface area contributed by atoms with Crippen molar-refractivity contribution >= 4 is 22.5 Å². The van der Waals surface area contributed by atoms with E-state index in [1.165, 1.54) is 10.9 Å². The van der Waals surface area contributed by atoms with E-state index in [0.717, 1.165) is 17.7 Å². The first kappa shape index (κ1) is 14.0. The van der Waals surface area contributed by atoms with Crippen LogP contribution in [0, 0.1) is 0 Å². The Hall–Kier alpha value is -1.93. The van der Waals surface area contributed by atoms with Crippen molar-refractivity contribution in [2.24, 2.45) is 7.05 Å². The number of aromatic nitrogens is 1. The molecule has 1 aromatic heterocycles. The molecular formula is C18H18ClNO. The Morgan fingerprint density at radius 2 is 1.90 bits per heavy atom. The van der Waals surface area contributed by atoms with Gasteiger partial charge < -0.3 is 9.30 Å². The first-order valence-electron chi connectivity index (χ1n) is 7.10. The molecule has 1 atom stereocenters. The Morgan fingerprint density at radius 1 is 1.10 bits per heavy atom. The smallest absolute Gasteiger partial charge is 0.125 e. The SMILES string of the molecule is Cn1ccc2cc(O[C@@H](CCCl)c3ccccc3)ccc21. The van der Waals surface area contributed by atoms with Gasteiger partial charge in [0.05, 0.1) is 0 Å². The van der Waals surface area contributed by atoms with Gasteiger partial charge in [-0.25, -0.2) is 0 Å². The van der Waals surface area contributed by atoms with Crippen LogP contribution in [0.1, 0.15) is 18.1 Å². The van der Waals surface area contributed by atoms with Gasteiger partial charge in [0.25, 0.3) is 0 Å². The van der Waals surface area contributed by atoms with E-state index in [0.29, 0.717) is 5.88 Å². The van der Waals surface area contributed by atoms with Gasteiger partial charge in [0.1, 0.15) is 11.9 Å². The molecule has 0 aliphatic rings. The van der Waals surface area contributed by atoms with E-state index < -0.39 is 0 Å². The van der Waals surface area contributed by atoms with Gasteiger partial charge >= 0.3 is 0 Å². The molecule has 3 heteroatoms. The molecule has 3 aromatic rings. The van der Waals surface area contributed by atoms with Crippen molar-refractivity contribution < 1.29 is 4.74 Å². The second-order valence-electron chi connectivity index (χ2n) is 5.14. The van der Waals surface area contributed by atoms with Crippen molar-refractivity contribution in [3.63, 3.8) is 0 Å². The second kappa shape index (κ2) is 6.23. The molecule has 0 fully saturated rings. The van der Waals surface area contributed by atoms with Crippen LogP contribution < -0.4 is 4.74 Å². The Labute approximate surface area is 129 Å². The molecule has 21 heavy (non-hydrogen) atoms. The normalized spacial score (nSPS) is 12.5. The Kier molecular flexibility index (Phi) is 4.16. The molecule has 0 N–H and O–H groups in total. The predicted molar refractivity (Wildman–Crippen MR) is 88.1 cm³/mol. The van der Waals surface area contributed by atoms with Crippen molar-refractivity contribution in [2.45, 2.75) is 12.5 Å². The third-order valence-electron chi connectivity index (χ3n) is 3.68. The third-order valence-corrected chi connectivity index (χ3v) is 3.90. The van der Waals surface area contributed by atoms with Crippen molar-refractivity contribution in [1.29, 1.82) is 0 Å². The van der Waals surface area contributed by atoms with E-state index in [1.807, 2.05) is 31.3 Å². The van der Waals surface area contributed by atoms with E-state index in [2.05, 4.69) is 41.1 Å². The molecule has 0 amide bonds. The molecule has 108 valence electrons. The van der Waals surface area contributed by atoms with E-state index in [-0.39, 0.29) is 6.10 Å². The fourth-order valence-electron chi connectivity index (χ4n) is 2.56. The number of alkyl halides is 1. The van der Waals surface area contributed by atoms with Gasteiger partial charge in [0, 0.05) is 36.4 Å². The lowest BCUT2D eigenvalue weighted by molar-refractivity contribution is 0.202. The van der Waals surface area contributed by atoms with Gasteiger partial charge in [0.2, 0.25) is 0 Å². The lowest BCUT2D eigenvalue weighted by Crippen LogP contribution is -2.08. The standard InChI is InChI=1S/C18H18ClNO/c1-20-12-10-15-13-16(7-8-17(15)20)21-18(9-11-19)14-5-3-2-4-6-14/h2-8,10,12-13,18H,9,11H2,1H3/t18-/m0/s1. The number of fused-ring (bicyclic) bond motifs is 1. The van der Waals surface area contributed by atoms with E-state index >= 15 is 0 Å². The van der Waals surface area contributed by atoms with Crippen LogP contribution in [-0.2, 0) is 7.05 Å². The number of halogens is 1. The number of ether oxygens (including phenoxy) is 1. The maximum Gasteiger partial charge on any atom is 0.125 e. The minimum Gasteiger partial charge on any atom is -0.486 e. The Balaban J connectivity index is 1.87. The average molecular weight is 300 g/mol. The van der Waals surface area contributed by atoms with Gasteiger partial charge in [-0.05, 0) is 29.8 Å². The molecule has 0 unspecified atom stereocenters. The summed E-state index contributed by atoms with van der Waals surface area (Å²) < 4.78 is 8.27.